The van der Waals surface area contributed by atoms with E-state index < -0.39 is 10.0 Å². The number of benzene rings is 1. The largest absolute Gasteiger partial charge is 0.323 e. The normalized spacial score (nSPS) is 22.4. The minimum atomic E-state index is -3.54. The number of para-hydroxylation sites is 1. The molecule has 1 aliphatic rings. The molecule has 0 spiro atoms. The molecule has 6 nitrogen and oxygen atoms in total. The van der Waals surface area contributed by atoms with Crippen LogP contribution in [0.3, 0.4) is 0 Å². The first-order valence-corrected chi connectivity index (χ1v) is 8.17. The third kappa shape index (κ3) is 2.95. The summed E-state index contributed by atoms with van der Waals surface area (Å²) in [6.07, 6.45) is 0.832. The van der Waals surface area contributed by atoms with Gasteiger partial charge in [0.2, 0.25) is 10.0 Å². The summed E-state index contributed by atoms with van der Waals surface area (Å²) in [7, 11) is -1.52. The lowest BCUT2D eigenvalue weighted by Gasteiger charge is -2.27. The quantitative estimate of drug-likeness (QED) is 0.634. The SMILES string of the molecule is CC1CN(C)CCCN1S(=O)(=O)c1ccccc1NN. The second kappa shape index (κ2) is 6.09. The number of likely N-dealkylation sites (N-methyl/N-ethyl adjacent to an activating group) is 1. The van der Waals surface area contributed by atoms with Crippen LogP contribution in [0, 0.1) is 0 Å². The number of nitrogens with two attached hydrogens (primary N) is 1. The van der Waals surface area contributed by atoms with E-state index in [0.29, 0.717) is 12.2 Å². The third-order valence-electron chi connectivity index (χ3n) is 3.62. The highest BCUT2D eigenvalue weighted by atomic mass is 32.2. The van der Waals surface area contributed by atoms with Crippen molar-refractivity contribution in [1.29, 1.82) is 0 Å². The molecule has 1 fully saturated rings. The number of hydrazine groups is 1. The second-order valence-corrected chi connectivity index (χ2v) is 7.08. The Hall–Kier alpha value is -1.15. The number of nitrogens with one attached hydrogen (secondary N) is 1. The fraction of sp³-hybridized carbons (Fsp3) is 0.538. The highest BCUT2D eigenvalue weighted by Gasteiger charge is 2.32. The van der Waals surface area contributed by atoms with E-state index in [4.69, 9.17) is 5.84 Å². The Kier molecular flexibility index (Phi) is 4.64. The van der Waals surface area contributed by atoms with E-state index >= 15 is 0 Å². The summed E-state index contributed by atoms with van der Waals surface area (Å²) >= 11 is 0. The van der Waals surface area contributed by atoms with Crippen LogP contribution in [0.5, 0.6) is 0 Å². The molecule has 1 atom stereocenters. The summed E-state index contributed by atoms with van der Waals surface area (Å²) in [5.41, 5.74) is 2.89. The molecule has 1 heterocycles. The Balaban J connectivity index is 2.38. The minimum absolute atomic E-state index is 0.0571. The van der Waals surface area contributed by atoms with Gasteiger partial charge in [0.25, 0.3) is 0 Å². The molecule has 112 valence electrons. The van der Waals surface area contributed by atoms with Crippen molar-refractivity contribution in [2.24, 2.45) is 5.84 Å². The number of rotatable bonds is 3. The number of hydrogen-bond donors (Lipinski definition) is 2. The van der Waals surface area contributed by atoms with Crippen LogP contribution in [0.15, 0.2) is 29.2 Å². The fourth-order valence-electron chi connectivity index (χ4n) is 2.64. The average molecular weight is 298 g/mol. The molecule has 1 aromatic rings. The molecule has 0 amide bonds. The number of hydrogen-bond acceptors (Lipinski definition) is 5. The maximum Gasteiger partial charge on any atom is 0.245 e. The zero-order valence-corrected chi connectivity index (χ0v) is 12.7. The van der Waals surface area contributed by atoms with E-state index in [1.165, 1.54) is 0 Å². The average Bonchev–Trinajstić information content (AvgIpc) is 2.59. The van der Waals surface area contributed by atoms with Gasteiger partial charge in [-0.15, -0.1) is 0 Å². The highest BCUT2D eigenvalue weighted by Crippen LogP contribution is 2.26. The van der Waals surface area contributed by atoms with Crippen molar-refractivity contribution in [3.63, 3.8) is 0 Å². The standard InChI is InChI=1S/C13H22N4O2S/c1-11-10-16(2)8-5-9-17(11)20(18,19)13-7-4-3-6-12(13)15-14/h3-4,6-7,11,15H,5,8-10,14H2,1-2H3. The van der Waals surface area contributed by atoms with Crippen LogP contribution < -0.4 is 11.3 Å². The fourth-order valence-corrected chi connectivity index (χ4v) is 4.46. The summed E-state index contributed by atoms with van der Waals surface area (Å²) in [5.74, 6) is 5.42. The zero-order valence-electron chi connectivity index (χ0n) is 11.9. The minimum Gasteiger partial charge on any atom is -0.323 e. The van der Waals surface area contributed by atoms with E-state index in [9.17, 15) is 8.42 Å². The smallest absolute Gasteiger partial charge is 0.245 e. The Morgan fingerprint density at radius 2 is 2.00 bits per heavy atom. The van der Waals surface area contributed by atoms with Gasteiger partial charge >= 0.3 is 0 Å². The van der Waals surface area contributed by atoms with Gasteiger partial charge in [-0.25, -0.2) is 8.42 Å². The number of nitrogen functional groups attached to an aromatic ring is 1. The lowest BCUT2D eigenvalue weighted by atomic mass is 10.3. The van der Waals surface area contributed by atoms with Crippen molar-refractivity contribution in [3.8, 4) is 0 Å². The van der Waals surface area contributed by atoms with Gasteiger partial charge in [0.15, 0.2) is 0 Å². The molecule has 2 rings (SSSR count). The van der Waals surface area contributed by atoms with Crippen LogP contribution in [0.1, 0.15) is 13.3 Å². The summed E-state index contributed by atoms with van der Waals surface area (Å²) in [5, 5.41) is 0. The summed E-state index contributed by atoms with van der Waals surface area (Å²) in [6, 6.07) is 6.67. The molecule has 1 aliphatic heterocycles. The lowest BCUT2D eigenvalue weighted by Crippen LogP contribution is -2.42. The van der Waals surface area contributed by atoms with Crippen molar-refractivity contribution in [2.75, 3.05) is 32.1 Å². The van der Waals surface area contributed by atoms with Gasteiger partial charge in [-0.3, -0.25) is 5.84 Å². The molecule has 0 bridgehead atoms. The Bertz CT molecular complexity index is 561. The second-order valence-electron chi connectivity index (χ2n) is 5.22. The summed E-state index contributed by atoms with van der Waals surface area (Å²) in [6.45, 7) is 4.12. The van der Waals surface area contributed by atoms with Crippen molar-refractivity contribution in [2.45, 2.75) is 24.3 Å². The van der Waals surface area contributed by atoms with E-state index in [2.05, 4.69) is 10.3 Å². The van der Waals surface area contributed by atoms with Gasteiger partial charge < -0.3 is 10.3 Å². The number of sulfonamides is 1. The van der Waals surface area contributed by atoms with Crippen molar-refractivity contribution < 1.29 is 8.42 Å². The maximum absolute atomic E-state index is 12.8. The van der Waals surface area contributed by atoms with E-state index in [-0.39, 0.29) is 10.9 Å². The number of anilines is 1. The van der Waals surface area contributed by atoms with E-state index in [1.54, 1.807) is 28.6 Å². The van der Waals surface area contributed by atoms with Gasteiger partial charge in [0.05, 0.1) is 5.69 Å². The maximum atomic E-state index is 12.8. The monoisotopic (exact) mass is 298 g/mol. The molecule has 3 N–H and O–H groups in total. The van der Waals surface area contributed by atoms with Gasteiger partial charge in [-0.2, -0.15) is 4.31 Å². The van der Waals surface area contributed by atoms with Crippen molar-refractivity contribution in [1.82, 2.24) is 9.21 Å². The molecule has 0 saturated carbocycles. The van der Waals surface area contributed by atoms with Crippen LogP contribution in [-0.2, 0) is 10.0 Å². The first kappa shape index (κ1) is 15.2. The van der Waals surface area contributed by atoms with Gasteiger partial charge in [-0.05, 0) is 39.1 Å². The highest BCUT2D eigenvalue weighted by molar-refractivity contribution is 7.89. The van der Waals surface area contributed by atoms with Gasteiger partial charge in [-0.1, -0.05) is 12.1 Å². The Morgan fingerprint density at radius 1 is 1.30 bits per heavy atom. The van der Waals surface area contributed by atoms with Crippen LogP contribution >= 0.6 is 0 Å². The lowest BCUT2D eigenvalue weighted by molar-refractivity contribution is 0.290. The predicted octanol–water partition coefficient (Wildman–Crippen LogP) is 0.687. The Labute approximate surface area is 120 Å². The molecule has 0 aliphatic carbocycles. The van der Waals surface area contributed by atoms with Crippen LogP contribution in [-0.4, -0.2) is 50.3 Å². The molecular formula is C13H22N4O2S. The zero-order chi connectivity index (χ0) is 14.8. The molecule has 0 aromatic heterocycles. The van der Waals surface area contributed by atoms with Crippen LogP contribution in [0.25, 0.3) is 0 Å². The predicted molar refractivity (Wildman–Crippen MR) is 79.7 cm³/mol. The topological polar surface area (TPSA) is 78.7 Å². The first-order chi connectivity index (χ1) is 9.46. The van der Waals surface area contributed by atoms with Gasteiger partial charge in [0, 0.05) is 19.1 Å². The van der Waals surface area contributed by atoms with Crippen molar-refractivity contribution in [3.05, 3.63) is 24.3 Å². The molecule has 20 heavy (non-hydrogen) atoms. The Morgan fingerprint density at radius 3 is 2.70 bits per heavy atom. The molecule has 1 saturated heterocycles. The van der Waals surface area contributed by atoms with E-state index in [1.807, 2.05) is 14.0 Å². The first-order valence-electron chi connectivity index (χ1n) is 6.73. The summed E-state index contributed by atoms with van der Waals surface area (Å²) in [4.78, 5) is 2.40. The molecule has 7 heteroatoms. The van der Waals surface area contributed by atoms with E-state index in [0.717, 1.165) is 19.5 Å². The van der Waals surface area contributed by atoms with Gasteiger partial charge in [0.1, 0.15) is 4.90 Å². The van der Waals surface area contributed by atoms with Crippen molar-refractivity contribution >= 4 is 15.7 Å². The molecule has 0 radical (unpaired) electrons. The van der Waals surface area contributed by atoms with Crippen LogP contribution in [0.2, 0.25) is 0 Å². The molecular weight excluding hydrogens is 276 g/mol. The molecule has 1 unspecified atom stereocenters. The third-order valence-corrected chi connectivity index (χ3v) is 5.69. The molecule has 1 aromatic carbocycles. The number of nitrogens with zero attached hydrogens (tertiary/aromatic N) is 2. The van der Waals surface area contributed by atoms with Crippen LogP contribution in [0.4, 0.5) is 5.69 Å². The summed E-state index contributed by atoms with van der Waals surface area (Å²) < 4.78 is 27.3.